The van der Waals surface area contributed by atoms with E-state index in [1.54, 1.807) is 12.1 Å². The van der Waals surface area contributed by atoms with Crippen LogP contribution in [-0.2, 0) is 13.0 Å². The average Bonchev–Trinajstić information content (AvgIpc) is 2.76. The smallest absolute Gasteiger partial charge is 0.0522 e. The Morgan fingerprint density at radius 2 is 2.00 bits per heavy atom. The minimum Gasteiger partial charge on any atom is -0.324 e. The summed E-state index contributed by atoms with van der Waals surface area (Å²) in [6.45, 7) is 2.89. The zero-order chi connectivity index (χ0) is 13.1. The molecule has 0 aliphatic rings. The monoisotopic (exact) mass is 283 g/mol. The van der Waals surface area contributed by atoms with Crippen LogP contribution in [0.1, 0.15) is 24.1 Å². The quantitative estimate of drug-likeness (QED) is 0.934. The number of aromatic nitrogens is 2. The Balaban J connectivity index is 2.19. The molecule has 0 spiro atoms. The fraction of sp³-hybridized carbons (Fsp3) is 0.308. The maximum Gasteiger partial charge on any atom is 0.0522 e. The Bertz CT molecular complexity index is 517. The summed E-state index contributed by atoms with van der Waals surface area (Å²) in [5, 5.41) is 5.44. The van der Waals surface area contributed by atoms with Gasteiger partial charge in [-0.25, -0.2) is 0 Å². The number of nitrogens with zero attached hydrogens (tertiary/aromatic N) is 2. The third-order valence-electron chi connectivity index (χ3n) is 2.84. The molecule has 18 heavy (non-hydrogen) atoms. The molecule has 1 heterocycles. The molecule has 1 aromatic heterocycles. The first-order valence-electron chi connectivity index (χ1n) is 5.82. The molecule has 0 amide bonds. The molecule has 96 valence electrons. The summed E-state index contributed by atoms with van der Waals surface area (Å²) in [5.74, 6) is 0. The zero-order valence-corrected chi connectivity index (χ0v) is 11.6. The molecule has 2 rings (SSSR count). The van der Waals surface area contributed by atoms with Gasteiger partial charge in [-0.3, -0.25) is 4.68 Å². The van der Waals surface area contributed by atoms with E-state index in [1.807, 2.05) is 30.1 Å². The van der Waals surface area contributed by atoms with E-state index in [4.69, 9.17) is 28.9 Å². The zero-order valence-electron chi connectivity index (χ0n) is 10.1. The van der Waals surface area contributed by atoms with Crippen LogP contribution in [0, 0.1) is 0 Å². The third kappa shape index (κ3) is 2.86. The molecule has 0 fully saturated rings. The Hall–Kier alpha value is -1.03. The largest absolute Gasteiger partial charge is 0.324 e. The molecule has 5 heteroatoms. The summed E-state index contributed by atoms with van der Waals surface area (Å²) < 4.78 is 1.87. The van der Waals surface area contributed by atoms with E-state index < -0.39 is 0 Å². The summed E-state index contributed by atoms with van der Waals surface area (Å²) in [4.78, 5) is 0. The molecule has 0 saturated heterocycles. The second-order valence-electron chi connectivity index (χ2n) is 4.15. The van der Waals surface area contributed by atoms with Crippen molar-refractivity contribution in [1.82, 2.24) is 9.78 Å². The minimum absolute atomic E-state index is 0.222. The molecule has 0 aliphatic heterocycles. The Kier molecular flexibility index (Phi) is 4.27. The van der Waals surface area contributed by atoms with Crippen molar-refractivity contribution in [2.24, 2.45) is 5.73 Å². The number of hydrogen-bond acceptors (Lipinski definition) is 2. The summed E-state index contributed by atoms with van der Waals surface area (Å²) in [6.07, 6.45) is 4.49. The molecular formula is C13H15Cl2N3. The fourth-order valence-corrected chi connectivity index (χ4v) is 2.58. The number of hydrogen-bond donors (Lipinski definition) is 1. The summed E-state index contributed by atoms with van der Waals surface area (Å²) in [6, 6.07) is 5.20. The molecule has 2 N–H and O–H groups in total. The standard InChI is InChI=1S/C13H15Cl2N3/c1-2-18-8-9(7-17-18)6-12(16)13-10(14)4-3-5-11(13)15/h3-5,7-8,12H,2,6,16H2,1H3. The van der Waals surface area contributed by atoms with Gasteiger partial charge < -0.3 is 5.73 Å². The molecule has 0 bridgehead atoms. The molecule has 0 aliphatic carbocycles. The van der Waals surface area contributed by atoms with Crippen LogP contribution < -0.4 is 5.73 Å². The van der Waals surface area contributed by atoms with Crippen LogP contribution >= 0.6 is 23.2 Å². The van der Waals surface area contributed by atoms with E-state index in [0.29, 0.717) is 16.5 Å². The number of benzene rings is 1. The van der Waals surface area contributed by atoms with Crippen molar-refractivity contribution in [3.05, 3.63) is 51.8 Å². The summed E-state index contributed by atoms with van der Waals surface area (Å²) in [5.41, 5.74) is 8.05. The van der Waals surface area contributed by atoms with Crippen LogP contribution in [0.2, 0.25) is 10.0 Å². The first kappa shape index (κ1) is 13.4. The fourth-order valence-electron chi connectivity index (χ4n) is 1.91. The van der Waals surface area contributed by atoms with Gasteiger partial charge in [-0.1, -0.05) is 29.3 Å². The van der Waals surface area contributed by atoms with E-state index in [-0.39, 0.29) is 6.04 Å². The predicted molar refractivity (Wildman–Crippen MR) is 75.0 cm³/mol. The van der Waals surface area contributed by atoms with Gasteiger partial charge in [0.15, 0.2) is 0 Å². The maximum absolute atomic E-state index is 6.17. The van der Waals surface area contributed by atoms with Crippen LogP contribution in [-0.4, -0.2) is 9.78 Å². The van der Waals surface area contributed by atoms with Gasteiger partial charge >= 0.3 is 0 Å². The highest BCUT2D eigenvalue weighted by Crippen LogP contribution is 2.30. The van der Waals surface area contributed by atoms with Crippen LogP contribution in [0.3, 0.4) is 0 Å². The first-order chi connectivity index (χ1) is 8.61. The van der Waals surface area contributed by atoms with E-state index >= 15 is 0 Å². The van der Waals surface area contributed by atoms with Crippen molar-refractivity contribution in [1.29, 1.82) is 0 Å². The van der Waals surface area contributed by atoms with Gasteiger partial charge in [0, 0.05) is 34.4 Å². The van der Waals surface area contributed by atoms with Crippen LogP contribution in [0.15, 0.2) is 30.6 Å². The molecule has 2 aromatic rings. The lowest BCUT2D eigenvalue weighted by Gasteiger charge is -2.14. The average molecular weight is 284 g/mol. The van der Waals surface area contributed by atoms with Crippen molar-refractivity contribution in [3.63, 3.8) is 0 Å². The maximum atomic E-state index is 6.17. The van der Waals surface area contributed by atoms with Crippen molar-refractivity contribution >= 4 is 23.2 Å². The summed E-state index contributed by atoms with van der Waals surface area (Å²) >= 11 is 12.3. The lowest BCUT2D eigenvalue weighted by atomic mass is 10.0. The minimum atomic E-state index is -0.222. The Morgan fingerprint density at radius 3 is 2.56 bits per heavy atom. The van der Waals surface area contributed by atoms with Crippen molar-refractivity contribution < 1.29 is 0 Å². The number of aryl methyl sites for hydroxylation is 1. The second kappa shape index (κ2) is 5.74. The topological polar surface area (TPSA) is 43.8 Å². The summed E-state index contributed by atoms with van der Waals surface area (Å²) in [7, 11) is 0. The Morgan fingerprint density at radius 1 is 1.33 bits per heavy atom. The van der Waals surface area contributed by atoms with Gasteiger partial charge in [0.1, 0.15) is 0 Å². The SMILES string of the molecule is CCn1cc(CC(N)c2c(Cl)cccc2Cl)cn1. The van der Waals surface area contributed by atoms with Gasteiger partial charge in [-0.15, -0.1) is 0 Å². The number of nitrogens with two attached hydrogens (primary N) is 1. The molecule has 0 saturated carbocycles. The van der Waals surface area contributed by atoms with Crippen molar-refractivity contribution in [3.8, 4) is 0 Å². The lowest BCUT2D eigenvalue weighted by Crippen LogP contribution is -2.14. The van der Waals surface area contributed by atoms with E-state index in [2.05, 4.69) is 5.10 Å². The van der Waals surface area contributed by atoms with Gasteiger partial charge in [0.2, 0.25) is 0 Å². The molecular weight excluding hydrogens is 269 g/mol. The molecule has 1 aromatic carbocycles. The molecule has 3 nitrogen and oxygen atoms in total. The van der Waals surface area contributed by atoms with Crippen LogP contribution in [0.5, 0.6) is 0 Å². The highest BCUT2D eigenvalue weighted by Gasteiger charge is 2.15. The van der Waals surface area contributed by atoms with Gasteiger partial charge in [-0.2, -0.15) is 5.10 Å². The van der Waals surface area contributed by atoms with Crippen molar-refractivity contribution in [2.45, 2.75) is 25.9 Å². The molecule has 0 radical (unpaired) electrons. The van der Waals surface area contributed by atoms with E-state index in [1.165, 1.54) is 0 Å². The Labute approximate surface area is 117 Å². The van der Waals surface area contributed by atoms with E-state index in [9.17, 15) is 0 Å². The van der Waals surface area contributed by atoms with Gasteiger partial charge in [-0.05, 0) is 31.0 Å². The second-order valence-corrected chi connectivity index (χ2v) is 4.96. The first-order valence-corrected chi connectivity index (χ1v) is 6.58. The lowest BCUT2D eigenvalue weighted by molar-refractivity contribution is 0.657. The van der Waals surface area contributed by atoms with Gasteiger partial charge in [0.05, 0.1) is 6.20 Å². The van der Waals surface area contributed by atoms with E-state index in [0.717, 1.165) is 17.7 Å². The normalized spacial score (nSPS) is 12.7. The molecule has 1 unspecified atom stereocenters. The number of halogens is 2. The predicted octanol–water partition coefficient (Wildman–Crippen LogP) is 3.45. The third-order valence-corrected chi connectivity index (χ3v) is 3.50. The number of rotatable bonds is 4. The van der Waals surface area contributed by atoms with Crippen LogP contribution in [0.4, 0.5) is 0 Å². The highest BCUT2D eigenvalue weighted by atomic mass is 35.5. The van der Waals surface area contributed by atoms with Crippen LogP contribution in [0.25, 0.3) is 0 Å². The molecule has 1 atom stereocenters. The van der Waals surface area contributed by atoms with Gasteiger partial charge in [0.25, 0.3) is 0 Å². The highest BCUT2D eigenvalue weighted by molar-refractivity contribution is 6.36. The van der Waals surface area contributed by atoms with Crippen molar-refractivity contribution in [2.75, 3.05) is 0 Å².